The zero-order valence-corrected chi connectivity index (χ0v) is 16.4. The van der Waals surface area contributed by atoms with E-state index in [2.05, 4.69) is 5.32 Å². The number of nitrogens with zero attached hydrogens (tertiary/aromatic N) is 1. The highest BCUT2D eigenvalue weighted by Gasteiger charge is 2.17. The standard InChI is InChI=1S/C18H18Cl2N2O2S/c1-11(25-14-7-5-13(19)6-8-14)17(23)21-16-10-12(4-9-15(16)20)18(24)22(2)3/h4-11H,1-3H3,(H,21,23). The molecule has 0 aromatic heterocycles. The zero-order chi connectivity index (χ0) is 18.6. The maximum atomic E-state index is 12.4. The quantitative estimate of drug-likeness (QED) is 0.737. The molecule has 1 N–H and O–H groups in total. The fraction of sp³-hybridized carbons (Fsp3) is 0.222. The average molecular weight is 397 g/mol. The maximum absolute atomic E-state index is 12.4. The molecule has 2 aromatic rings. The van der Waals surface area contributed by atoms with Crippen molar-refractivity contribution in [2.75, 3.05) is 19.4 Å². The van der Waals surface area contributed by atoms with Crippen molar-refractivity contribution in [3.05, 3.63) is 58.1 Å². The lowest BCUT2D eigenvalue weighted by Crippen LogP contribution is -2.24. The second-order valence-electron chi connectivity index (χ2n) is 5.60. The fourth-order valence-electron chi connectivity index (χ4n) is 2.02. The molecule has 2 aromatic carbocycles. The predicted octanol–water partition coefficient (Wildman–Crippen LogP) is 4.81. The number of halogens is 2. The number of carbonyl (C=O) groups is 2. The monoisotopic (exact) mass is 396 g/mol. The molecule has 0 fully saturated rings. The van der Waals surface area contributed by atoms with E-state index in [1.807, 2.05) is 12.1 Å². The number of anilines is 1. The van der Waals surface area contributed by atoms with Gasteiger partial charge in [0.1, 0.15) is 0 Å². The fourth-order valence-corrected chi connectivity index (χ4v) is 3.18. The summed E-state index contributed by atoms with van der Waals surface area (Å²) in [7, 11) is 3.33. The lowest BCUT2D eigenvalue weighted by Gasteiger charge is -2.15. The van der Waals surface area contributed by atoms with Gasteiger partial charge in [0.25, 0.3) is 5.91 Å². The first-order valence-electron chi connectivity index (χ1n) is 7.52. The van der Waals surface area contributed by atoms with Gasteiger partial charge in [-0.15, -0.1) is 11.8 Å². The van der Waals surface area contributed by atoms with E-state index in [0.29, 0.717) is 21.3 Å². The van der Waals surface area contributed by atoms with Crippen molar-refractivity contribution in [2.24, 2.45) is 0 Å². The Labute approximate surface area is 161 Å². The molecule has 4 nitrogen and oxygen atoms in total. The van der Waals surface area contributed by atoms with Crippen LogP contribution in [0.2, 0.25) is 10.0 Å². The first-order chi connectivity index (χ1) is 11.8. The van der Waals surface area contributed by atoms with E-state index in [0.717, 1.165) is 4.90 Å². The summed E-state index contributed by atoms with van der Waals surface area (Å²) in [6.45, 7) is 1.80. The number of rotatable bonds is 5. The second kappa shape index (κ2) is 8.61. The largest absolute Gasteiger partial charge is 0.345 e. The van der Waals surface area contributed by atoms with Gasteiger partial charge in [0.2, 0.25) is 5.91 Å². The minimum absolute atomic E-state index is 0.157. The van der Waals surface area contributed by atoms with E-state index < -0.39 is 0 Å². The molecule has 132 valence electrons. The summed E-state index contributed by atoms with van der Waals surface area (Å²) in [5.74, 6) is -0.355. The van der Waals surface area contributed by atoms with Crippen LogP contribution in [0.1, 0.15) is 17.3 Å². The van der Waals surface area contributed by atoms with Crippen molar-refractivity contribution in [1.82, 2.24) is 4.90 Å². The van der Waals surface area contributed by atoms with E-state index in [1.54, 1.807) is 51.4 Å². The Kier molecular flexibility index (Phi) is 6.76. The van der Waals surface area contributed by atoms with Crippen molar-refractivity contribution in [3.63, 3.8) is 0 Å². The van der Waals surface area contributed by atoms with Gasteiger partial charge in [0.05, 0.1) is 16.0 Å². The summed E-state index contributed by atoms with van der Waals surface area (Å²) in [5.41, 5.74) is 0.880. The van der Waals surface area contributed by atoms with Gasteiger partial charge in [-0.05, 0) is 49.4 Å². The van der Waals surface area contributed by atoms with E-state index in [9.17, 15) is 9.59 Å². The van der Waals surface area contributed by atoms with Gasteiger partial charge >= 0.3 is 0 Å². The molecule has 0 aliphatic carbocycles. The van der Waals surface area contributed by atoms with E-state index in [4.69, 9.17) is 23.2 Å². The van der Waals surface area contributed by atoms with Crippen LogP contribution in [0.4, 0.5) is 5.69 Å². The number of amides is 2. The number of nitrogens with one attached hydrogen (secondary N) is 1. The SMILES string of the molecule is CC(Sc1ccc(Cl)cc1)C(=O)Nc1cc(C(=O)N(C)C)ccc1Cl. The Morgan fingerprint density at radius 1 is 1.08 bits per heavy atom. The molecule has 1 unspecified atom stereocenters. The van der Waals surface area contributed by atoms with Crippen LogP contribution in [0.3, 0.4) is 0 Å². The molecule has 25 heavy (non-hydrogen) atoms. The molecule has 0 radical (unpaired) electrons. The van der Waals surface area contributed by atoms with Gasteiger partial charge in [-0.2, -0.15) is 0 Å². The van der Waals surface area contributed by atoms with Crippen molar-refractivity contribution in [1.29, 1.82) is 0 Å². The van der Waals surface area contributed by atoms with Crippen molar-refractivity contribution >= 4 is 52.5 Å². The molecule has 0 aliphatic rings. The van der Waals surface area contributed by atoms with Crippen LogP contribution in [-0.4, -0.2) is 36.1 Å². The Hall–Kier alpha value is -1.69. The molecule has 0 aliphatic heterocycles. The van der Waals surface area contributed by atoms with Crippen LogP contribution >= 0.6 is 35.0 Å². The predicted molar refractivity (Wildman–Crippen MR) is 105 cm³/mol. The average Bonchev–Trinajstić information content (AvgIpc) is 2.58. The number of hydrogen-bond donors (Lipinski definition) is 1. The van der Waals surface area contributed by atoms with E-state index >= 15 is 0 Å². The lowest BCUT2D eigenvalue weighted by molar-refractivity contribution is -0.115. The molecule has 1 atom stereocenters. The highest BCUT2D eigenvalue weighted by molar-refractivity contribution is 8.00. The highest BCUT2D eigenvalue weighted by Crippen LogP contribution is 2.28. The summed E-state index contributed by atoms with van der Waals surface area (Å²) < 4.78 is 0. The summed E-state index contributed by atoms with van der Waals surface area (Å²) in [6.07, 6.45) is 0. The molecular weight excluding hydrogens is 379 g/mol. The third-order valence-electron chi connectivity index (χ3n) is 3.37. The van der Waals surface area contributed by atoms with Crippen LogP contribution in [0.25, 0.3) is 0 Å². The van der Waals surface area contributed by atoms with Gasteiger partial charge < -0.3 is 10.2 Å². The smallest absolute Gasteiger partial charge is 0.253 e. The van der Waals surface area contributed by atoms with Gasteiger partial charge in [-0.3, -0.25) is 9.59 Å². The van der Waals surface area contributed by atoms with Gasteiger partial charge in [-0.25, -0.2) is 0 Å². The second-order valence-corrected chi connectivity index (χ2v) is 7.86. The van der Waals surface area contributed by atoms with Crippen molar-refractivity contribution in [3.8, 4) is 0 Å². The van der Waals surface area contributed by atoms with E-state index in [1.165, 1.54) is 16.7 Å². The molecule has 0 bridgehead atoms. The van der Waals surface area contributed by atoms with Crippen molar-refractivity contribution < 1.29 is 9.59 Å². The van der Waals surface area contributed by atoms with Crippen LogP contribution in [0, 0.1) is 0 Å². The minimum Gasteiger partial charge on any atom is -0.345 e. The van der Waals surface area contributed by atoms with Crippen LogP contribution in [-0.2, 0) is 4.79 Å². The number of thioether (sulfide) groups is 1. The molecule has 0 saturated heterocycles. The number of benzene rings is 2. The molecule has 2 amide bonds. The molecule has 7 heteroatoms. The van der Waals surface area contributed by atoms with Gasteiger partial charge in [0.15, 0.2) is 0 Å². The summed E-state index contributed by atoms with van der Waals surface area (Å²) in [4.78, 5) is 26.9. The zero-order valence-electron chi connectivity index (χ0n) is 14.0. The Morgan fingerprint density at radius 3 is 2.32 bits per heavy atom. The first kappa shape index (κ1) is 19.6. The summed E-state index contributed by atoms with van der Waals surface area (Å²) in [5, 5.41) is 3.48. The topological polar surface area (TPSA) is 49.4 Å². The third kappa shape index (κ3) is 5.39. The minimum atomic E-state index is -0.342. The summed E-state index contributed by atoms with van der Waals surface area (Å²) >= 11 is 13.4. The van der Waals surface area contributed by atoms with Crippen LogP contribution in [0.15, 0.2) is 47.4 Å². The Bertz CT molecular complexity index is 779. The number of hydrogen-bond acceptors (Lipinski definition) is 3. The van der Waals surface area contributed by atoms with Crippen molar-refractivity contribution in [2.45, 2.75) is 17.1 Å². The Morgan fingerprint density at radius 2 is 1.72 bits per heavy atom. The normalized spacial score (nSPS) is 11.7. The highest BCUT2D eigenvalue weighted by atomic mass is 35.5. The number of carbonyl (C=O) groups excluding carboxylic acids is 2. The molecular formula is C18H18Cl2N2O2S. The molecule has 0 heterocycles. The van der Waals surface area contributed by atoms with Gasteiger partial charge in [0, 0.05) is 29.6 Å². The van der Waals surface area contributed by atoms with E-state index in [-0.39, 0.29) is 17.1 Å². The molecule has 2 rings (SSSR count). The molecule has 0 saturated carbocycles. The first-order valence-corrected chi connectivity index (χ1v) is 9.16. The van der Waals surface area contributed by atoms with Gasteiger partial charge in [-0.1, -0.05) is 23.2 Å². The lowest BCUT2D eigenvalue weighted by atomic mass is 10.1. The Balaban J connectivity index is 2.09. The maximum Gasteiger partial charge on any atom is 0.253 e. The molecule has 0 spiro atoms. The summed E-state index contributed by atoms with van der Waals surface area (Å²) in [6, 6.07) is 12.1. The van der Waals surface area contributed by atoms with Crippen LogP contribution in [0.5, 0.6) is 0 Å². The third-order valence-corrected chi connectivity index (χ3v) is 5.07. The van der Waals surface area contributed by atoms with Crippen LogP contribution < -0.4 is 5.32 Å².